The van der Waals surface area contributed by atoms with Crippen molar-refractivity contribution < 1.29 is 19.0 Å². The molecule has 0 radical (unpaired) electrons. The van der Waals surface area contributed by atoms with E-state index in [1.54, 1.807) is 26.4 Å². The quantitative estimate of drug-likeness (QED) is 0.810. The lowest BCUT2D eigenvalue weighted by Crippen LogP contribution is -2.30. The summed E-state index contributed by atoms with van der Waals surface area (Å²) in [4.78, 5) is 11.7. The van der Waals surface area contributed by atoms with Crippen LogP contribution in [0, 0.1) is 5.41 Å². The summed E-state index contributed by atoms with van der Waals surface area (Å²) in [5.74, 6) is 1.10. The molecule has 0 saturated carbocycles. The van der Waals surface area contributed by atoms with E-state index in [0.29, 0.717) is 17.9 Å². The van der Waals surface area contributed by atoms with Crippen molar-refractivity contribution in [3.05, 3.63) is 23.8 Å². The fraction of sp³-hybridized carbons (Fsp3) is 0.533. The Morgan fingerprint density at radius 2 is 1.90 bits per heavy atom. The molecule has 1 unspecified atom stereocenters. The maximum Gasteiger partial charge on any atom is 0.311 e. The van der Waals surface area contributed by atoms with Gasteiger partial charge in [-0.3, -0.25) is 4.79 Å². The van der Waals surface area contributed by atoms with Gasteiger partial charge in [0.05, 0.1) is 26.7 Å². The Labute approximate surface area is 120 Å². The molecule has 0 bridgehead atoms. The maximum absolute atomic E-state index is 11.7. The summed E-state index contributed by atoms with van der Waals surface area (Å²) in [5.41, 5.74) is 6.37. The van der Waals surface area contributed by atoms with E-state index in [2.05, 4.69) is 0 Å². The Hall–Kier alpha value is -1.75. The highest BCUT2D eigenvalue weighted by molar-refractivity contribution is 5.75. The van der Waals surface area contributed by atoms with Crippen LogP contribution in [0.5, 0.6) is 11.5 Å². The molecule has 0 fully saturated rings. The zero-order chi connectivity index (χ0) is 15.3. The molecule has 2 N–H and O–H groups in total. The molecular formula is C15H23NO4. The van der Waals surface area contributed by atoms with Gasteiger partial charge in [0.1, 0.15) is 11.5 Å². The van der Waals surface area contributed by atoms with Crippen LogP contribution in [0.15, 0.2) is 18.2 Å². The number of hydrogen-bond acceptors (Lipinski definition) is 5. The molecule has 0 saturated heterocycles. The predicted octanol–water partition coefficient (Wildman–Crippen LogP) is 2.29. The first-order valence-electron chi connectivity index (χ1n) is 6.41. The number of esters is 1. The maximum atomic E-state index is 11.7. The van der Waals surface area contributed by atoms with Crippen LogP contribution < -0.4 is 15.2 Å². The second kappa shape index (κ2) is 6.61. The standard InChI is InChI=1S/C15H23NO4/c1-15(2,14(17)20-5)9-12(16)11-8-10(18-3)6-7-13(11)19-4/h6-8,12H,9,16H2,1-5H3. The number of ether oxygens (including phenoxy) is 3. The number of benzene rings is 1. The van der Waals surface area contributed by atoms with Crippen LogP contribution in [0.2, 0.25) is 0 Å². The van der Waals surface area contributed by atoms with Crippen molar-refractivity contribution in [1.82, 2.24) is 0 Å². The van der Waals surface area contributed by atoms with Crippen LogP contribution in [0.1, 0.15) is 31.9 Å². The summed E-state index contributed by atoms with van der Waals surface area (Å²) < 4.78 is 15.3. The van der Waals surface area contributed by atoms with E-state index in [0.717, 1.165) is 5.56 Å². The number of carbonyl (C=O) groups excluding carboxylic acids is 1. The van der Waals surface area contributed by atoms with E-state index in [1.165, 1.54) is 7.11 Å². The molecular weight excluding hydrogens is 258 g/mol. The average molecular weight is 281 g/mol. The SMILES string of the molecule is COC(=O)C(C)(C)CC(N)c1cc(OC)ccc1OC. The van der Waals surface area contributed by atoms with E-state index in [-0.39, 0.29) is 12.0 Å². The molecule has 0 heterocycles. The van der Waals surface area contributed by atoms with Gasteiger partial charge >= 0.3 is 5.97 Å². The van der Waals surface area contributed by atoms with Gasteiger partial charge < -0.3 is 19.9 Å². The molecule has 0 amide bonds. The first-order chi connectivity index (χ1) is 9.35. The van der Waals surface area contributed by atoms with Gasteiger partial charge in [-0.2, -0.15) is 0 Å². The van der Waals surface area contributed by atoms with Gasteiger partial charge in [0.2, 0.25) is 0 Å². The monoisotopic (exact) mass is 281 g/mol. The molecule has 1 aromatic rings. The Bertz CT molecular complexity index is 471. The fourth-order valence-electron chi connectivity index (χ4n) is 2.15. The molecule has 5 heteroatoms. The van der Waals surface area contributed by atoms with Crippen LogP contribution in [0.4, 0.5) is 0 Å². The van der Waals surface area contributed by atoms with E-state index >= 15 is 0 Å². The van der Waals surface area contributed by atoms with E-state index in [4.69, 9.17) is 19.9 Å². The summed E-state index contributed by atoms with van der Waals surface area (Å²) in [7, 11) is 4.56. The molecule has 112 valence electrons. The van der Waals surface area contributed by atoms with Gasteiger partial charge in [-0.05, 0) is 38.5 Å². The molecule has 0 aliphatic carbocycles. The van der Waals surface area contributed by atoms with Gasteiger partial charge in [0.25, 0.3) is 0 Å². The molecule has 0 spiro atoms. The van der Waals surface area contributed by atoms with Crippen LogP contribution in [0.25, 0.3) is 0 Å². The van der Waals surface area contributed by atoms with Gasteiger partial charge in [0.15, 0.2) is 0 Å². The van der Waals surface area contributed by atoms with Gasteiger partial charge in [-0.1, -0.05) is 0 Å². The van der Waals surface area contributed by atoms with E-state index in [9.17, 15) is 4.79 Å². The highest BCUT2D eigenvalue weighted by atomic mass is 16.5. The first kappa shape index (κ1) is 16.3. The number of carbonyl (C=O) groups is 1. The highest BCUT2D eigenvalue weighted by Crippen LogP contribution is 2.35. The Balaban J connectivity index is 3.02. The van der Waals surface area contributed by atoms with Crippen molar-refractivity contribution in [1.29, 1.82) is 0 Å². The third-order valence-corrected chi connectivity index (χ3v) is 3.30. The predicted molar refractivity (Wildman–Crippen MR) is 76.9 cm³/mol. The van der Waals surface area contributed by atoms with Crippen LogP contribution >= 0.6 is 0 Å². The second-order valence-corrected chi connectivity index (χ2v) is 5.29. The number of hydrogen-bond donors (Lipinski definition) is 1. The fourth-order valence-corrected chi connectivity index (χ4v) is 2.15. The molecule has 20 heavy (non-hydrogen) atoms. The van der Waals surface area contributed by atoms with Crippen molar-refractivity contribution in [2.45, 2.75) is 26.3 Å². The molecule has 0 aliphatic heterocycles. The zero-order valence-electron chi connectivity index (χ0n) is 12.7. The van der Waals surface area contributed by atoms with Crippen LogP contribution in [-0.2, 0) is 9.53 Å². The Kier molecular flexibility index (Phi) is 5.39. The smallest absolute Gasteiger partial charge is 0.311 e. The third kappa shape index (κ3) is 3.63. The topological polar surface area (TPSA) is 70.8 Å². The van der Waals surface area contributed by atoms with Crippen LogP contribution in [0.3, 0.4) is 0 Å². The molecule has 5 nitrogen and oxygen atoms in total. The lowest BCUT2D eigenvalue weighted by Gasteiger charge is -2.26. The zero-order valence-corrected chi connectivity index (χ0v) is 12.7. The normalized spacial score (nSPS) is 12.7. The second-order valence-electron chi connectivity index (χ2n) is 5.29. The lowest BCUT2D eigenvalue weighted by atomic mass is 9.83. The van der Waals surface area contributed by atoms with E-state index in [1.807, 2.05) is 19.9 Å². The minimum atomic E-state index is -0.664. The van der Waals surface area contributed by atoms with Crippen molar-refractivity contribution in [3.8, 4) is 11.5 Å². The molecule has 1 atom stereocenters. The molecule has 0 aliphatic rings. The van der Waals surface area contributed by atoms with Crippen molar-refractivity contribution in [3.63, 3.8) is 0 Å². The Morgan fingerprint density at radius 1 is 1.25 bits per heavy atom. The highest BCUT2D eigenvalue weighted by Gasteiger charge is 2.32. The van der Waals surface area contributed by atoms with Gasteiger partial charge in [-0.25, -0.2) is 0 Å². The van der Waals surface area contributed by atoms with Gasteiger partial charge in [0, 0.05) is 11.6 Å². The minimum Gasteiger partial charge on any atom is -0.497 e. The number of rotatable bonds is 6. The molecule has 0 aromatic heterocycles. The van der Waals surface area contributed by atoms with Crippen molar-refractivity contribution >= 4 is 5.97 Å². The first-order valence-corrected chi connectivity index (χ1v) is 6.41. The summed E-state index contributed by atoms with van der Waals surface area (Å²) in [6.45, 7) is 3.62. The number of nitrogens with two attached hydrogens (primary N) is 1. The summed E-state index contributed by atoms with van der Waals surface area (Å²) >= 11 is 0. The van der Waals surface area contributed by atoms with Crippen molar-refractivity contribution in [2.24, 2.45) is 11.1 Å². The van der Waals surface area contributed by atoms with Crippen LogP contribution in [-0.4, -0.2) is 27.3 Å². The summed E-state index contributed by atoms with van der Waals surface area (Å²) in [6.07, 6.45) is 0.448. The van der Waals surface area contributed by atoms with Gasteiger partial charge in [-0.15, -0.1) is 0 Å². The lowest BCUT2D eigenvalue weighted by molar-refractivity contribution is -0.151. The minimum absolute atomic E-state index is 0.283. The molecule has 1 rings (SSSR count). The molecule has 1 aromatic carbocycles. The summed E-state index contributed by atoms with van der Waals surface area (Å²) in [5, 5.41) is 0. The third-order valence-electron chi connectivity index (χ3n) is 3.30. The number of methoxy groups -OCH3 is 3. The van der Waals surface area contributed by atoms with Crippen molar-refractivity contribution in [2.75, 3.05) is 21.3 Å². The largest absolute Gasteiger partial charge is 0.497 e. The van der Waals surface area contributed by atoms with E-state index < -0.39 is 5.41 Å². The Morgan fingerprint density at radius 3 is 2.40 bits per heavy atom. The summed E-state index contributed by atoms with van der Waals surface area (Å²) in [6, 6.07) is 5.09. The average Bonchev–Trinajstić information content (AvgIpc) is 2.44.